The zero-order valence-corrected chi connectivity index (χ0v) is 27.8. The predicted octanol–water partition coefficient (Wildman–Crippen LogP) is 5.16. The van der Waals surface area contributed by atoms with Gasteiger partial charge in [0, 0.05) is 87.3 Å². The van der Waals surface area contributed by atoms with E-state index in [-0.39, 0.29) is 62.1 Å². The molecule has 11 nitrogen and oxygen atoms in total. The van der Waals surface area contributed by atoms with Gasteiger partial charge in [-0.3, -0.25) is 14.6 Å². The summed E-state index contributed by atoms with van der Waals surface area (Å²) in [6.45, 7) is 1.77. The van der Waals surface area contributed by atoms with E-state index in [4.69, 9.17) is 4.74 Å². The first-order chi connectivity index (χ1) is 24.6. The summed E-state index contributed by atoms with van der Waals surface area (Å²) in [6.07, 6.45) is 3.03. The largest absolute Gasteiger partial charge is 0.496 e. The average molecular weight is 705 g/mol. The van der Waals surface area contributed by atoms with E-state index < -0.39 is 23.5 Å². The topological polar surface area (TPSA) is 109 Å². The zero-order valence-electron chi connectivity index (χ0n) is 27.8. The van der Waals surface area contributed by atoms with Gasteiger partial charge in [0.25, 0.3) is 5.91 Å². The van der Waals surface area contributed by atoms with Gasteiger partial charge in [0.2, 0.25) is 5.91 Å². The number of para-hydroxylation sites is 1. The van der Waals surface area contributed by atoms with Gasteiger partial charge in [-0.25, -0.2) is 9.37 Å². The third-order valence-corrected chi connectivity index (χ3v) is 9.40. The van der Waals surface area contributed by atoms with Gasteiger partial charge in [-0.05, 0) is 47.9 Å². The number of carbonyl (C=O) groups excluding carboxylic acids is 2. The standard InChI is InChI=1S/C36H36F4N8O3/c1-51-30-9-3-2-7-24(30)26-20-25(23-6-5-13-47(22-23)31(49)10-14-48-15-12-42-44-48)32(37)33-27(26)21-29(43-33)35(50)46-18-16-45(17-19-46)34-28(36(38,39)40)8-4-11-41-34/h2-4,6-9,11-12,15,20-21,42-44H,5,10,13-14,16-19,22H2,1H3. The lowest BCUT2D eigenvalue weighted by Crippen LogP contribution is -2.49. The van der Waals surface area contributed by atoms with Crippen LogP contribution in [-0.2, 0) is 11.0 Å². The summed E-state index contributed by atoms with van der Waals surface area (Å²) < 4.78 is 63.3. The lowest BCUT2D eigenvalue weighted by atomic mass is 9.93. The summed E-state index contributed by atoms with van der Waals surface area (Å²) in [5.74, 6) is -0.627. The van der Waals surface area contributed by atoms with Gasteiger partial charge >= 0.3 is 6.18 Å². The molecule has 0 bridgehead atoms. The highest BCUT2D eigenvalue weighted by Crippen LogP contribution is 2.40. The van der Waals surface area contributed by atoms with Gasteiger partial charge < -0.3 is 29.8 Å². The molecule has 15 heteroatoms. The van der Waals surface area contributed by atoms with Crippen LogP contribution >= 0.6 is 0 Å². The molecule has 0 aliphatic carbocycles. The molecule has 3 aliphatic heterocycles. The first-order valence-electron chi connectivity index (χ1n) is 16.6. The molecule has 5 heterocycles. The van der Waals surface area contributed by atoms with Crippen LogP contribution in [-0.4, -0.2) is 89.5 Å². The molecule has 1 saturated heterocycles. The van der Waals surface area contributed by atoms with Crippen molar-refractivity contribution in [1.82, 2.24) is 35.7 Å². The molecule has 0 radical (unpaired) electrons. The number of anilines is 1. The normalized spacial score (nSPS) is 16.5. The quantitative estimate of drug-likeness (QED) is 0.216. The van der Waals surface area contributed by atoms with Crippen LogP contribution in [0.4, 0.5) is 23.4 Å². The first-order valence-corrected chi connectivity index (χ1v) is 16.6. The lowest BCUT2D eigenvalue weighted by molar-refractivity contribution is -0.137. The number of carbonyl (C=O) groups is 2. The van der Waals surface area contributed by atoms with Gasteiger partial charge in [-0.15, -0.1) is 5.53 Å². The van der Waals surface area contributed by atoms with Crippen molar-refractivity contribution in [3.05, 3.63) is 95.8 Å². The molecular weight excluding hydrogens is 668 g/mol. The van der Waals surface area contributed by atoms with Crippen molar-refractivity contribution in [2.45, 2.75) is 19.0 Å². The molecule has 2 amide bonds. The molecule has 0 spiro atoms. The van der Waals surface area contributed by atoms with Crippen LogP contribution in [0.15, 0.2) is 73.2 Å². The number of alkyl halides is 3. The summed E-state index contributed by atoms with van der Waals surface area (Å²) in [6, 6.07) is 12.9. The summed E-state index contributed by atoms with van der Waals surface area (Å²) >= 11 is 0. The number of nitrogens with zero attached hydrogens (tertiary/aromatic N) is 5. The molecular formula is C36H36F4N8O3. The first kappa shape index (κ1) is 33.9. The zero-order chi connectivity index (χ0) is 35.7. The fourth-order valence-electron chi connectivity index (χ4n) is 6.80. The van der Waals surface area contributed by atoms with Crippen molar-refractivity contribution in [3.8, 4) is 16.9 Å². The van der Waals surface area contributed by atoms with E-state index in [0.717, 1.165) is 6.07 Å². The number of benzene rings is 2. The van der Waals surface area contributed by atoms with Crippen LogP contribution in [0.1, 0.15) is 34.5 Å². The second-order valence-corrected chi connectivity index (χ2v) is 12.5. The molecule has 3 N–H and O–H groups in total. The number of halogens is 4. The van der Waals surface area contributed by atoms with E-state index in [1.807, 2.05) is 24.3 Å². The molecule has 2 aromatic heterocycles. The van der Waals surface area contributed by atoms with Crippen LogP contribution in [0, 0.1) is 5.82 Å². The fraction of sp³-hybridized carbons (Fsp3) is 0.306. The van der Waals surface area contributed by atoms with E-state index in [0.29, 0.717) is 52.9 Å². The molecule has 51 heavy (non-hydrogen) atoms. The van der Waals surface area contributed by atoms with Crippen LogP contribution in [0.3, 0.4) is 0 Å². The minimum Gasteiger partial charge on any atom is -0.496 e. The van der Waals surface area contributed by atoms with E-state index in [1.54, 1.807) is 47.6 Å². The Morgan fingerprint density at radius 1 is 0.961 bits per heavy atom. The molecule has 266 valence electrons. The third-order valence-electron chi connectivity index (χ3n) is 9.40. The van der Waals surface area contributed by atoms with Crippen molar-refractivity contribution < 1.29 is 31.9 Å². The number of fused-ring (bicyclic) bond motifs is 1. The molecule has 7 rings (SSSR count). The van der Waals surface area contributed by atoms with Crippen molar-refractivity contribution in [2.24, 2.45) is 0 Å². The van der Waals surface area contributed by atoms with Crippen LogP contribution < -0.4 is 20.6 Å². The Hall–Kier alpha value is -5.57. The SMILES string of the molecule is COc1ccccc1-c1cc(C2=CCCN(C(=O)CCN3C=CNN3)C2)c(F)c2[nH]c(C(=O)N3CCN(c4ncccc4C(F)(F)F)CC3)cc12. The number of ether oxygens (including phenoxy) is 1. The number of hydrogen-bond donors (Lipinski definition) is 3. The Balaban J connectivity index is 1.18. The minimum absolute atomic E-state index is 0.0559. The number of rotatable bonds is 8. The maximum absolute atomic E-state index is 16.6. The van der Waals surface area contributed by atoms with E-state index in [2.05, 4.69) is 20.9 Å². The number of hydrogen-bond acceptors (Lipinski definition) is 8. The lowest BCUT2D eigenvalue weighted by Gasteiger charge is -2.36. The Morgan fingerprint density at radius 2 is 1.76 bits per heavy atom. The van der Waals surface area contributed by atoms with Gasteiger partial charge in [-0.1, -0.05) is 24.3 Å². The van der Waals surface area contributed by atoms with E-state index in [1.165, 1.54) is 22.1 Å². The van der Waals surface area contributed by atoms with Crippen LogP contribution in [0.2, 0.25) is 0 Å². The highest BCUT2D eigenvalue weighted by Gasteiger charge is 2.37. The number of piperazine rings is 1. The molecule has 3 aliphatic rings. The summed E-state index contributed by atoms with van der Waals surface area (Å²) in [4.78, 5) is 38.8. The van der Waals surface area contributed by atoms with Gasteiger partial charge in [0.15, 0.2) is 5.82 Å². The van der Waals surface area contributed by atoms with Crippen molar-refractivity contribution in [1.29, 1.82) is 0 Å². The van der Waals surface area contributed by atoms with Crippen molar-refractivity contribution in [2.75, 3.05) is 57.8 Å². The second-order valence-electron chi connectivity index (χ2n) is 12.5. The maximum atomic E-state index is 16.6. The van der Waals surface area contributed by atoms with Gasteiger partial charge in [0.1, 0.15) is 17.3 Å². The Labute approximate surface area is 291 Å². The highest BCUT2D eigenvalue weighted by atomic mass is 19.4. The Morgan fingerprint density at radius 3 is 2.51 bits per heavy atom. The number of aromatic amines is 1. The number of aromatic nitrogens is 2. The molecule has 1 fully saturated rings. The van der Waals surface area contributed by atoms with Crippen LogP contribution in [0.5, 0.6) is 5.75 Å². The third kappa shape index (κ3) is 6.80. The number of amides is 2. The number of H-pyrrole nitrogens is 1. The molecule has 2 aromatic carbocycles. The fourth-order valence-corrected chi connectivity index (χ4v) is 6.80. The summed E-state index contributed by atoms with van der Waals surface area (Å²) in [7, 11) is 1.55. The monoisotopic (exact) mass is 704 g/mol. The molecule has 0 atom stereocenters. The second kappa shape index (κ2) is 14.0. The van der Waals surface area contributed by atoms with Crippen molar-refractivity contribution in [3.63, 3.8) is 0 Å². The predicted molar refractivity (Wildman–Crippen MR) is 184 cm³/mol. The van der Waals surface area contributed by atoms with E-state index in [9.17, 15) is 22.8 Å². The maximum Gasteiger partial charge on any atom is 0.419 e. The van der Waals surface area contributed by atoms with Gasteiger partial charge in [-0.2, -0.15) is 13.2 Å². The van der Waals surface area contributed by atoms with Gasteiger partial charge in [0.05, 0.1) is 18.2 Å². The van der Waals surface area contributed by atoms with E-state index >= 15 is 4.39 Å². The Bertz CT molecular complexity index is 2020. The summed E-state index contributed by atoms with van der Waals surface area (Å²) in [5, 5.41) is 2.23. The number of hydrazine groups is 2. The molecule has 0 saturated carbocycles. The smallest absolute Gasteiger partial charge is 0.419 e. The molecule has 0 unspecified atom stereocenters. The number of nitrogens with one attached hydrogen (secondary N) is 3. The number of pyridine rings is 1. The van der Waals surface area contributed by atoms with Crippen LogP contribution in [0.25, 0.3) is 27.6 Å². The molecule has 4 aromatic rings. The summed E-state index contributed by atoms with van der Waals surface area (Å²) in [5.41, 5.74) is 7.48. The highest BCUT2D eigenvalue weighted by molar-refractivity contribution is 6.05. The Kier molecular flexibility index (Phi) is 9.29. The average Bonchev–Trinajstić information content (AvgIpc) is 3.85. The van der Waals surface area contributed by atoms with Crippen molar-refractivity contribution >= 4 is 34.1 Å². The minimum atomic E-state index is -4.56. The number of methoxy groups -OCH3 is 1.